The second kappa shape index (κ2) is 4.82. The number of rotatable bonds is 3. The average Bonchev–Trinajstić information content (AvgIpc) is 2.42. The molecular formula is C17H22O3S. The Hall–Kier alpha value is -0.870. The van der Waals surface area contributed by atoms with Gasteiger partial charge in [-0.3, -0.25) is 4.18 Å². The summed E-state index contributed by atoms with van der Waals surface area (Å²) in [6.45, 7) is 1.90. The molecule has 4 bridgehead atoms. The molecule has 4 heteroatoms. The predicted octanol–water partition coefficient (Wildman–Crippen LogP) is 3.53. The first-order chi connectivity index (χ1) is 10.0. The minimum atomic E-state index is -3.63. The van der Waals surface area contributed by atoms with Crippen LogP contribution in [0.25, 0.3) is 0 Å². The molecule has 0 atom stereocenters. The highest BCUT2D eigenvalue weighted by atomic mass is 32.2. The van der Waals surface area contributed by atoms with E-state index in [0.717, 1.165) is 17.4 Å². The van der Waals surface area contributed by atoms with E-state index in [2.05, 4.69) is 0 Å². The van der Waals surface area contributed by atoms with Crippen LogP contribution in [0.1, 0.15) is 37.7 Å². The zero-order chi connectivity index (χ0) is 14.6. The fraction of sp³-hybridized carbons (Fsp3) is 0.647. The Balaban J connectivity index is 1.58. The third-order valence-electron chi connectivity index (χ3n) is 5.66. The van der Waals surface area contributed by atoms with Gasteiger partial charge in [-0.1, -0.05) is 12.1 Å². The first-order valence-electron chi connectivity index (χ1n) is 8.01. The molecule has 0 unspecified atom stereocenters. The Morgan fingerprint density at radius 1 is 1.00 bits per heavy atom. The van der Waals surface area contributed by atoms with E-state index in [1.807, 2.05) is 13.0 Å². The lowest BCUT2D eigenvalue weighted by atomic mass is 9.55. The largest absolute Gasteiger partial charge is 0.297 e. The molecule has 4 aliphatic carbocycles. The molecule has 0 aromatic heterocycles. The van der Waals surface area contributed by atoms with Crippen molar-refractivity contribution in [2.45, 2.75) is 50.0 Å². The summed E-state index contributed by atoms with van der Waals surface area (Å²) >= 11 is 0. The number of hydrogen-bond acceptors (Lipinski definition) is 3. The molecule has 0 radical (unpaired) electrons. The van der Waals surface area contributed by atoms with Crippen molar-refractivity contribution in [2.24, 2.45) is 23.7 Å². The van der Waals surface area contributed by atoms with E-state index in [1.165, 1.54) is 32.1 Å². The molecule has 3 nitrogen and oxygen atoms in total. The first kappa shape index (κ1) is 13.8. The van der Waals surface area contributed by atoms with Gasteiger partial charge < -0.3 is 0 Å². The molecule has 1 aromatic carbocycles. The highest BCUT2D eigenvalue weighted by molar-refractivity contribution is 7.86. The van der Waals surface area contributed by atoms with Gasteiger partial charge in [0.15, 0.2) is 0 Å². The summed E-state index contributed by atoms with van der Waals surface area (Å²) in [4.78, 5) is 0.302. The monoisotopic (exact) mass is 306 g/mol. The summed E-state index contributed by atoms with van der Waals surface area (Å²) in [5, 5.41) is 0. The molecule has 4 aliphatic rings. The Kier molecular flexibility index (Phi) is 3.16. The summed E-state index contributed by atoms with van der Waals surface area (Å²) in [6, 6.07) is 7.02. The fourth-order valence-electron chi connectivity index (χ4n) is 5.01. The normalized spacial score (nSPS) is 37.9. The Morgan fingerprint density at radius 2 is 1.62 bits per heavy atom. The van der Waals surface area contributed by atoms with Gasteiger partial charge in [-0.15, -0.1) is 0 Å². The summed E-state index contributed by atoms with van der Waals surface area (Å²) in [5.41, 5.74) is 0.949. The Bertz CT molecular complexity index is 622. The quantitative estimate of drug-likeness (QED) is 0.802. The van der Waals surface area contributed by atoms with E-state index in [1.54, 1.807) is 18.2 Å². The number of aryl methyl sites for hydroxylation is 1. The molecule has 0 spiro atoms. The molecule has 0 N–H and O–H groups in total. The number of hydrogen-bond donors (Lipinski definition) is 0. The van der Waals surface area contributed by atoms with Crippen molar-refractivity contribution >= 4 is 10.1 Å². The van der Waals surface area contributed by atoms with Gasteiger partial charge in [-0.25, -0.2) is 0 Å². The molecule has 0 amide bonds. The van der Waals surface area contributed by atoms with Crippen molar-refractivity contribution < 1.29 is 12.6 Å². The van der Waals surface area contributed by atoms with Gasteiger partial charge in [-0.2, -0.15) is 8.42 Å². The standard InChI is InChI=1S/C17H22O3S/c1-11-3-2-4-16(5-11)21(18,19)20-17-14-7-12-6-13(9-14)10-15(17)8-12/h2-5,12-15,17H,6-10H2,1H3. The zero-order valence-corrected chi connectivity index (χ0v) is 13.2. The van der Waals surface area contributed by atoms with Crippen molar-refractivity contribution in [1.82, 2.24) is 0 Å². The number of benzene rings is 1. The smallest absolute Gasteiger partial charge is 0.262 e. The van der Waals surface area contributed by atoms with Crippen molar-refractivity contribution in [3.05, 3.63) is 29.8 Å². The molecule has 0 saturated heterocycles. The van der Waals surface area contributed by atoms with Crippen LogP contribution in [-0.2, 0) is 14.3 Å². The topological polar surface area (TPSA) is 43.4 Å². The van der Waals surface area contributed by atoms with Gasteiger partial charge in [0, 0.05) is 0 Å². The maximum Gasteiger partial charge on any atom is 0.297 e. The van der Waals surface area contributed by atoms with E-state index >= 15 is 0 Å². The molecule has 1 aromatic rings. The summed E-state index contributed by atoms with van der Waals surface area (Å²) in [7, 11) is -3.63. The van der Waals surface area contributed by atoms with Gasteiger partial charge in [0.25, 0.3) is 10.1 Å². The first-order valence-corrected chi connectivity index (χ1v) is 9.42. The molecule has 21 heavy (non-hydrogen) atoms. The van der Waals surface area contributed by atoms with E-state index in [0.29, 0.717) is 16.7 Å². The van der Waals surface area contributed by atoms with Crippen LogP contribution in [0, 0.1) is 30.6 Å². The van der Waals surface area contributed by atoms with Gasteiger partial charge in [0.1, 0.15) is 0 Å². The lowest BCUT2D eigenvalue weighted by Crippen LogP contribution is -2.50. The lowest BCUT2D eigenvalue weighted by molar-refractivity contribution is -0.0764. The Labute approximate surface area is 126 Å². The van der Waals surface area contributed by atoms with Crippen molar-refractivity contribution in [1.29, 1.82) is 0 Å². The molecule has 4 saturated carbocycles. The molecule has 5 rings (SSSR count). The molecule has 0 aliphatic heterocycles. The van der Waals surface area contributed by atoms with Crippen LogP contribution in [0.5, 0.6) is 0 Å². The van der Waals surface area contributed by atoms with Crippen LogP contribution in [0.2, 0.25) is 0 Å². The van der Waals surface area contributed by atoms with Gasteiger partial charge in [0.2, 0.25) is 0 Å². The van der Waals surface area contributed by atoms with Gasteiger partial charge >= 0.3 is 0 Å². The minimum absolute atomic E-state index is 0.0803. The third kappa shape index (κ3) is 2.42. The minimum Gasteiger partial charge on any atom is -0.262 e. The maximum atomic E-state index is 12.6. The highest BCUT2D eigenvalue weighted by Gasteiger charge is 2.50. The predicted molar refractivity (Wildman–Crippen MR) is 80.3 cm³/mol. The summed E-state index contributed by atoms with van der Waals surface area (Å²) in [6.07, 6.45) is 5.96. The highest BCUT2D eigenvalue weighted by Crippen LogP contribution is 2.55. The second-order valence-electron chi connectivity index (χ2n) is 7.26. The SMILES string of the molecule is Cc1cccc(S(=O)(=O)OC2C3CC4CC(C3)CC2C4)c1. The maximum absolute atomic E-state index is 12.6. The van der Waals surface area contributed by atoms with Crippen molar-refractivity contribution in [2.75, 3.05) is 0 Å². The van der Waals surface area contributed by atoms with Crippen LogP contribution in [-0.4, -0.2) is 14.5 Å². The summed E-state index contributed by atoms with van der Waals surface area (Å²) < 4.78 is 30.8. The van der Waals surface area contributed by atoms with Crippen molar-refractivity contribution in [3.8, 4) is 0 Å². The van der Waals surface area contributed by atoms with Crippen molar-refractivity contribution in [3.63, 3.8) is 0 Å². The van der Waals surface area contributed by atoms with Crippen LogP contribution in [0.4, 0.5) is 0 Å². The average molecular weight is 306 g/mol. The van der Waals surface area contributed by atoms with E-state index in [-0.39, 0.29) is 6.10 Å². The molecule has 0 heterocycles. The molecule has 4 fully saturated rings. The van der Waals surface area contributed by atoms with Crippen LogP contribution in [0.15, 0.2) is 29.2 Å². The Morgan fingerprint density at radius 3 is 2.19 bits per heavy atom. The van der Waals surface area contributed by atoms with Crippen LogP contribution < -0.4 is 0 Å². The molecular weight excluding hydrogens is 284 g/mol. The van der Waals surface area contributed by atoms with Gasteiger partial charge in [-0.05, 0) is 80.4 Å². The third-order valence-corrected chi connectivity index (χ3v) is 6.96. The summed E-state index contributed by atoms with van der Waals surface area (Å²) in [5.74, 6) is 2.57. The lowest BCUT2D eigenvalue weighted by Gasteiger charge is -2.53. The van der Waals surface area contributed by atoms with E-state index in [9.17, 15) is 8.42 Å². The van der Waals surface area contributed by atoms with Crippen LogP contribution >= 0.6 is 0 Å². The second-order valence-corrected chi connectivity index (χ2v) is 8.83. The van der Waals surface area contributed by atoms with Crippen LogP contribution in [0.3, 0.4) is 0 Å². The van der Waals surface area contributed by atoms with E-state index in [4.69, 9.17) is 4.18 Å². The molecule has 114 valence electrons. The van der Waals surface area contributed by atoms with Gasteiger partial charge in [0.05, 0.1) is 11.0 Å². The zero-order valence-electron chi connectivity index (χ0n) is 12.4. The fourth-order valence-corrected chi connectivity index (χ4v) is 6.30. The van der Waals surface area contributed by atoms with E-state index < -0.39 is 10.1 Å².